The summed E-state index contributed by atoms with van der Waals surface area (Å²) in [7, 11) is 0. The average Bonchev–Trinajstić information content (AvgIpc) is 3.03. The van der Waals surface area contributed by atoms with Crippen molar-refractivity contribution in [3.8, 4) is 0 Å². The maximum absolute atomic E-state index is 13.5. The molecule has 2 heterocycles. The lowest BCUT2D eigenvalue weighted by atomic mass is 10.1. The molecule has 0 unspecified atom stereocenters. The molecule has 1 fully saturated rings. The first-order valence-electron chi connectivity index (χ1n) is 9.83. The van der Waals surface area contributed by atoms with Crippen LogP contribution in [0.1, 0.15) is 11.1 Å². The van der Waals surface area contributed by atoms with E-state index in [1.807, 2.05) is 25.1 Å². The highest BCUT2D eigenvalue weighted by molar-refractivity contribution is 6.31. The molecule has 6 nitrogen and oxygen atoms in total. The van der Waals surface area contributed by atoms with Gasteiger partial charge >= 0.3 is 0 Å². The summed E-state index contributed by atoms with van der Waals surface area (Å²) in [6.07, 6.45) is 1.63. The van der Waals surface area contributed by atoms with Gasteiger partial charge in [-0.15, -0.1) is 0 Å². The number of morpholine rings is 1. The Kier molecular flexibility index (Phi) is 5.78. The number of amides is 1. The molecule has 0 aromatic heterocycles. The van der Waals surface area contributed by atoms with E-state index >= 15 is 0 Å². The summed E-state index contributed by atoms with van der Waals surface area (Å²) in [6.45, 7) is 7.49. The SMILES string of the molecule is Cc1cc(NC=C2C(=O)Nc3ccc(F)cc32)ccc1NCCN1CCOCC1. The Hall–Kier alpha value is -2.90. The van der Waals surface area contributed by atoms with Gasteiger partial charge in [0.2, 0.25) is 0 Å². The number of carbonyl (C=O) groups is 1. The van der Waals surface area contributed by atoms with Crippen LogP contribution >= 0.6 is 0 Å². The Morgan fingerprint density at radius 1 is 1.21 bits per heavy atom. The van der Waals surface area contributed by atoms with Crippen LogP contribution in [0, 0.1) is 12.7 Å². The van der Waals surface area contributed by atoms with E-state index in [-0.39, 0.29) is 11.7 Å². The van der Waals surface area contributed by atoms with Crippen LogP contribution < -0.4 is 16.0 Å². The predicted octanol–water partition coefficient (Wildman–Crippen LogP) is 3.28. The van der Waals surface area contributed by atoms with Gasteiger partial charge in [-0.3, -0.25) is 9.69 Å². The summed E-state index contributed by atoms with van der Waals surface area (Å²) in [4.78, 5) is 14.6. The Labute approximate surface area is 169 Å². The fourth-order valence-corrected chi connectivity index (χ4v) is 3.58. The van der Waals surface area contributed by atoms with E-state index in [0.29, 0.717) is 16.8 Å². The van der Waals surface area contributed by atoms with Crippen molar-refractivity contribution >= 4 is 28.5 Å². The number of anilines is 3. The molecule has 0 aliphatic carbocycles. The van der Waals surface area contributed by atoms with Gasteiger partial charge in [-0.05, 0) is 48.9 Å². The number of halogens is 1. The molecule has 0 radical (unpaired) electrons. The Bertz CT molecular complexity index is 938. The number of hydrogen-bond donors (Lipinski definition) is 3. The van der Waals surface area contributed by atoms with Crippen LogP contribution in [0.5, 0.6) is 0 Å². The second kappa shape index (κ2) is 8.63. The first kappa shape index (κ1) is 19.4. The molecule has 0 atom stereocenters. The molecule has 1 saturated heterocycles. The lowest BCUT2D eigenvalue weighted by Crippen LogP contribution is -2.39. The first-order chi connectivity index (χ1) is 14.1. The van der Waals surface area contributed by atoms with Crippen molar-refractivity contribution in [2.24, 2.45) is 0 Å². The normalized spacial score (nSPS) is 17.9. The lowest BCUT2D eigenvalue weighted by Gasteiger charge is -2.26. The molecule has 152 valence electrons. The van der Waals surface area contributed by atoms with Crippen LogP contribution in [0.4, 0.5) is 21.5 Å². The van der Waals surface area contributed by atoms with Gasteiger partial charge in [0.15, 0.2) is 0 Å². The zero-order chi connectivity index (χ0) is 20.2. The van der Waals surface area contributed by atoms with Crippen molar-refractivity contribution in [3.63, 3.8) is 0 Å². The number of benzene rings is 2. The van der Waals surface area contributed by atoms with E-state index in [4.69, 9.17) is 4.74 Å². The van der Waals surface area contributed by atoms with Crippen molar-refractivity contribution in [2.45, 2.75) is 6.92 Å². The van der Waals surface area contributed by atoms with Crippen LogP contribution in [0.15, 0.2) is 42.6 Å². The highest BCUT2D eigenvalue weighted by atomic mass is 19.1. The van der Waals surface area contributed by atoms with Gasteiger partial charge in [0.05, 0.1) is 18.8 Å². The fourth-order valence-electron chi connectivity index (χ4n) is 3.58. The standard InChI is InChI=1S/C22H25FN4O2/c1-15-12-17(3-5-20(15)24-6-7-27-8-10-29-11-9-27)25-14-19-18-13-16(23)2-4-21(18)26-22(19)28/h2-5,12-14,24-25H,6-11H2,1H3,(H,26,28). The highest BCUT2D eigenvalue weighted by Gasteiger charge is 2.24. The van der Waals surface area contributed by atoms with Crippen LogP contribution in [0.2, 0.25) is 0 Å². The molecule has 0 bridgehead atoms. The number of carbonyl (C=O) groups excluding carboxylic acids is 1. The van der Waals surface area contributed by atoms with Crippen molar-refractivity contribution < 1.29 is 13.9 Å². The minimum atomic E-state index is -0.366. The third kappa shape index (κ3) is 4.58. The lowest BCUT2D eigenvalue weighted by molar-refractivity contribution is -0.110. The molecule has 1 amide bonds. The molecular formula is C22H25FN4O2. The summed E-state index contributed by atoms with van der Waals surface area (Å²) in [5.74, 6) is -0.606. The molecule has 2 aromatic carbocycles. The average molecular weight is 396 g/mol. The smallest absolute Gasteiger partial charge is 0.257 e. The molecule has 29 heavy (non-hydrogen) atoms. The van der Waals surface area contributed by atoms with Crippen LogP contribution in [-0.4, -0.2) is 50.2 Å². The minimum absolute atomic E-state index is 0.240. The van der Waals surface area contributed by atoms with E-state index in [0.717, 1.165) is 56.3 Å². The van der Waals surface area contributed by atoms with E-state index in [1.165, 1.54) is 12.1 Å². The predicted molar refractivity (Wildman–Crippen MR) is 114 cm³/mol. The summed E-state index contributed by atoms with van der Waals surface area (Å²) < 4.78 is 18.9. The minimum Gasteiger partial charge on any atom is -0.384 e. The van der Waals surface area contributed by atoms with E-state index in [9.17, 15) is 9.18 Å². The van der Waals surface area contributed by atoms with Crippen LogP contribution in [0.3, 0.4) is 0 Å². The molecule has 0 spiro atoms. The number of rotatable bonds is 6. The summed E-state index contributed by atoms with van der Waals surface area (Å²) in [5, 5.41) is 9.38. The summed E-state index contributed by atoms with van der Waals surface area (Å²) >= 11 is 0. The first-order valence-corrected chi connectivity index (χ1v) is 9.83. The maximum atomic E-state index is 13.5. The molecular weight excluding hydrogens is 371 g/mol. The second-order valence-electron chi connectivity index (χ2n) is 7.26. The third-order valence-electron chi connectivity index (χ3n) is 5.22. The van der Waals surface area contributed by atoms with Crippen LogP contribution in [0.25, 0.3) is 5.57 Å². The van der Waals surface area contributed by atoms with Gasteiger partial charge in [0, 0.05) is 55.0 Å². The van der Waals surface area contributed by atoms with E-state index in [2.05, 4.69) is 20.9 Å². The van der Waals surface area contributed by atoms with E-state index in [1.54, 1.807) is 12.3 Å². The second-order valence-corrected chi connectivity index (χ2v) is 7.26. The van der Waals surface area contributed by atoms with Crippen molar-refractivity contribution in [3.05, 3.63) is 59.5 Å². The Balaban J connectivity index is 1.38. The van der Waals surface area contributed by atoms with Gasteiger partial charge in [-0.2, -0.15) is 0 Å². The van der Waals surface area contributed by atoms with Crippen molar-refractivity contribution in [2.75, 3.05) is 55.3 Å². The highest BCUT2D eigenvalue weighted by Crippen LogP contribution is 2.32. The number of fused-ring (bicyclic) bond motifs is 1. The topological polar surface area (TPSA) is 65.6 Å². The van der Waals surface area contributed by atoms with Gasteiger partial charge in [-0.1, -0.05) is 0 Å². The number of ether oxygens (including phenoxy) is 1. The van der Waals surface area contributed by atoms with Gasteiger partial charge in [0.1, 0.15) is 5.82 Å². The van der Waals surface area contributed by atoms with Gasteiger partial charge < -0.3 is 20.7 Å². The molecule has 7 heteroatoms. The molecule has 4 rings (SSSR count). The Morgan fingerprint density at radius 3 is 2.83 bits per heavy atom. The van der Waals surface area contributed by atoms with Crippen molar-refractivity contribution in [1.29, 1.82) is 0 Å². The molecule has 3 N–H and O–H groups in total. The number of hydrogen-bond acceptors (Lipinski definition) is 5. The molecule has 0 saturated carbocycles. The monoisotopic (exact) mass is 396 g/mol. The van der Waals surface area contributed by atoms with Crippen LogP contribution in [-0.2, 0) is 9.53 Å². The molecule has 2 aliphatic rings. The molecule has 2 aromatic rings. The van der Waals surface area contributed by atoms with Crippen molar-refractivity contribution in [1.82, 2.24) is 4.90 Å². The zero-order valence-corrected chi connectivity index (χ0v) is 16.4. The summed E-state index contributed by atoms with van der Waals surface area (Å²) in [5.41, 5.74) is 4.68. The van der Waals surface area contributed by atoms with Gasteiger partial charge in [0.25, 0.3) is 5.91 Å². The Morgan fingerprint density at radius 2 is 2.03 bits per heavy atom. The quantitative estimate of drug-likeness (QED) is 0.654. The number of aryl methyl sites for hydroxylation is 1. The van der Waals surface area contributed by atoms with E-state index < -0.39 is 0 Å². The number of nitrogens with one attached hydrogen (secondary N) is 3. The number of nitrogens with zero attached hydrogens (tertiary/aromatic N) is 1. The maximum Gasteiger partial charge on any atom is 0.257 e. The largest absolute Gasteiger partial charge is 0.384 e. The summed E-state index contributed by atoms with van der Waals surface area (Å²) in [6, 6.07) is 10.3. The van der Waals surface area contributed by atoms with Gasteiger partial charge in [-0.25, -0.2) is 4.39 Å². The molecule has 2 aliphatic heterocycles. The third-order valence-corrected chi connectivity index (χ3v) is 5.22. The zero-order valence-electron chi connectivity index (χ0n) is 16.4. The fraction of sp³-hybridized carbons (Fsp3) is 0.318.